The quantitative estimate of drug-likeness (QED) is 0.793. The van der Waals surface area contributed by atoms with Gasteiger partial charge in [-0.2, -0.15) is 0 Å². The Balaban J connectivity index is 2.24. The molecule has 2 aromatic rings. The maximum absolute atomic E-state index is 12.4. The van der Waals surface area contributed by atoms with Gasteiger partial charge in [0.15, 0.2) is 0 Å². The van der Waals surface area contributed by atoms with Crippen molar-refractivity contribution in [1.82, 2.24) is 0 Å². The molecule has 116 valence electrons. The minimum Gasteiger partial charge on any atom is -0.496 e. The van der Waals surface area contributed by atoms with E-state index in [4.69, 9.17) is 15.2 Å². The second kappa shape index (κ2) is 7.17. The molecule has 0 radical (unpaired) electrons. The number of nitrogens with two attached hydrogens (primary N) is 1. The van der Waals surface area contributed by atoms with Crippen LogP contribution in [0.4, 0.5) is 11.4 Å². The summed E-state index contributed by atoms with van der Waals surface area (Å²) in [5, 5.41) is 2.78. The number of amides is 1. The zero-order valence-corrected chi connectivity index (χ0v) is 13.9. The summed E-state index contributed by atoms with van der Waals surface area (Å²) in [6, 6.07) is 10.4. The van der Waals surface area contributed by atoms with E-state index in [1.807, 2.05) is 6.92 Å². The number of carbonyl (C=O) groups excluding carboxylic acids is 1. The molecule has 0 fully saturated rings. The molecule has 22 heavy (non-hydrogen) atoms. The number of anilines is 2. The van der Waals surface area contributed by atoms with Gasteiger partial charge in [0, 0.05) is 10.5 Å². The van der Waals surface area contributed by atoms with Crippen molar-refractivity contribution in [1.29, 1.82) is 0 Å². The zero-order chi connectivity index (χ0) is 16.1. The average Bonchev–Trinajstić information content (AvgIpc) is 2.50. The number of rotatable bonds is 5. The van der Waals surface area contributed by atoms with Crippen molar-refractivity contribution >= 4 is 33.2 Å². The summed E-state index contributed by atoms with van der Waals surface area (Å²) in [6.45, 7) is 2.45. The Labute approximate surface area is 137 Å². The zero-order valence-electron chi connectivity index (χ0n) is 12.4. The lowest BCUT2D eigenvalue weighted by molar-refractivity contribution is 0.102. The monoisotopic (exact) mass is 364 g/mol. The van der Waals surface area contributed by atoms with Crippen LogP contribution in [0.3, 0.4) is 0 Å². The molecular formula is C16H17BrN2O3. The van der Waals surface area contributed by atoms with Crippen LogP contribution in [0.15, 0.2) is 40.9 Å². The molecule has 0 unspecified atom stereocenters. The van der Waals surface area contributed by atoms with Crippen LogP contribution < -0.4 is 20.5 Å². The van der Waals surface area contributed by atoms with Crippen molar-refractivity contribution in [2.45, 2.75) is 6.92 Å². The standard InChI is InChI=1S/C16H17BrN2O3/c1-3-22-11-5-6-14(13(18)9-11)19-16(20)12-8-10(17)4-7-15(12)21-2/h4-9H,3,18H2,1-2H3,(H,19,20). The molecule has 0 aromatic heterocycles. The van der Waals surface area contributed by atoms with Gasteiger partial charge in [-0.25, -0.2) is 0 Å². The third-order valence-electron chi connectivity index (χ3n) is 2.99. The number of ether oxygens (including phenoxy) is 2. The molecule has 0 aliphatic carbocycles. The summed E-state index contributed by atoms with van der Waals surface area (Å²) in [4.78, 5) is 12.4. The van der Waals surface area contributed by atoms with Crippen LogP contribution in [-0.2, 0) is 0 Å². The van der Waals surface area contributed by atoms with Crippen molar-refractivity contribution in [3.05, 3.63) is 46.4 Å². The van der Waals surface area contributed by atoms with Crippen LogP contribution in [-0.4, -0.2) is 19.6 Å². The molecule has 1 amide bonds. The molecule has 0 saturated carbocycles. The van der Waals surface area contributed by atoms with E-state index >= 15 is 0 Å². The van der Waals surface area contributed by atoms with Gasteiger partial charge in [0.25, 0.3) is 5.91 Å². The topological polar surface area (TPSA) is 73.6 Å². The van der Waals surface area contributed by atoms with Crippen LogP contribution in [0.1, 0.15) is 17.3 Å². The number of hydrogen-bond donors (Lipinski definition) is 2. The van der Waals surface area contributed by atoms with Gasteiger partial charge in [0.2, 0.25) is 0 Å². The molecule has 0 saturated heterocycles. The Kier molecular flexibility index (Phi) is 5.27. The van der Waals surface area contributed by atoms with E-state index in [-0.39, 0.29) is 5.91 Å². The highest BCUT2D eigenvalue weighted by Crippen LogP contribution is 2.27. The fourth-order valence-corrected chi connectivity index (χ4v) is 2.32. The van der Waals surface area contributed by atoms with Crippen LogP contribution in [0.25, 0.3) is 0 Å². The molecule has 0 heterocycles. The van der Waals surface area contributed by atoms with E-state index < -0.39 is 0 Å². The Hall–Kier alpha value is -2.21. The largest absolute Gasteiger partial charge is 0.496 e. The molecule has 2 aromatic carbocycles. The molecule has 0 bridgehead atoms. The minimum absolute atomic E-state index is 0.297. The summed E-state index contributed by atoms with van der Waals surface area (Å²) in [7, 11) is 1.52. The number of nitrogens with one attached hydrogen (secondary N) is 1. The van der Waals surface area contributed by atoms with Gasteiger partial charge in [-0.05, 0) is 37.3 Å². The summed E-state index contributed by atoms with van der Waals surface area (Å²) in [6.07, 6.45) is 0. The number of halogens is 1. The maximum Gasteiger partial charge on any atom is 0.259 e. The molecule has 2 rings (SSSR count). The smallest absolute Gasteiger partial charge is 0.259 e. The first-order chi connectivity index (χ1) is 10.5. The van der Waals surface area contributed by atoms with Crippen molar-refractivity contribution in [3.63, 3.8) is 0 Å². The number of hydrogen-bond acceptors (Lipinski definition) is 4. The van der Waals surface area contributed by atoms with Crippen LogP contribution in [0, 0.1) is 0 Å². The number of nitrogen functional groups attached to an aromatic ring is 1. The second-order valence-electron chi connectivity index (χ2n) is 4.48. The van der Waals surface area contributed by atoms with Gasteiger partial charge in [-0.1, -0.05) is 15.9 Å². The van der Waals surface area contributed by atoms with Crippen molar-refractivity contribution in [3.8, 4) is 11.5 Å². The Morgan fingerprint density at radius 2 is 2.05 bits per heavy atom. The van der Waals surface area contributed by atoms with Crippen LogP contribution in [0.2, 0.25) is 0 Å². The average molecular weight is 365 g/mol. The molecular weight excluding hydrogens is 348 g/mol. The van der Waals surface area contributed by atoms with Gasteiger partial charge in [0.1, 0.15) is 11.5 Å². The van der Waals surface area contributed by atoms with Gasteiger partial charge < -0.3 is 20.5 Å². The molecule has 3 N–H and O–H groups in total. The molecule has 0 spiro atoms. The number of methoxy groups -OCH3 is 1. The first kappa shape index (κ1) is 16.2. The Morgan fingerprint density at radius 1 is 1.27 bits per heavy atom. The Bertz CT molecular complexity index is 689. The minimum atomic E-state index is -0.297. The van der Waals surface area contributed by atoms with E-state index in [0.29, 0.717) is 35.0 Å². The molecule has 0 aliphatic heterocycles. The first-order valence-corrected chi connectivity index (χ1v) is 7.51. The summed E-state index contributed by atoms with van der Waals surface area (Å²) in [5.74, 6) is 0.859. The summed E-state index contributed by atoms with van der Waals surface area (Å²) < 4.78 is 11.4. The summed E-state index contributed by atoms with van der Waals surface area (Å²) >= 11 is 3.34. The second-order valence-corrected chi connectivity index (χ2v) is 5.40. The number of benzene rings is 2. The van der Waals surface area contributed by atoms with Gasteiger partial charge in [-0.15, -0.1) is 0 Å². The van der Waals surface area contributed by atoms with Gasteiger partial charge >= 0.3 is 0 Å². The fraction of sp³-hybridized carbons (Fsp3) is 0.188. The lowest BCUT2D eigenvalue weighted by Crippen LogP contribution is -2.14. The number of carbonyl (C=O) groups is 1. The predicted octanol–water partition coefficient (Wildman–Crippen LogP) is 3.69. The van der Waals surface area contributed by atoms with E-state index in [0.717, 1.165) is 4.47 Å². The van der Waals surface area contributed by atoms with Crippen molar-refractivity contribution < 1.29 is 14.3 Å². The molecule has 6 heteroatoms. The molecule has 5 nitrogen and oxygen atoms in total. The highest BCUT2D eigenvalue weighted by Gasteiger charge is 2.14. The maximum atomic E-state index is 12.4. The van der Waals surface area contributed by atoms with Gasteiger partial charge in [-0.3, -0.25) is 4.79 Å². The van der Waals surface area contributed by atoms with E-state index in [1.165, 1.54) is 7.11 Å². The van der Waals surface area contributed by atoms with Crippen LogP contribution in [0.5, 0.6) is 11.5 Å². The lowest BCUT2D eigenvalue weighted by Gasteiger charge is -2.12. The highest BCUT2D eigenvalue weighted by atomic mass is 79.9. The van der Waals surface area contributed by atoms with E-state index in [2.05, 4.69) is 21.2 Å². The third-order valence-corrected chi connectivity index (χ3v) is 3.48. The fourth-order valence-electron chi connectivity index (χ4n) is 1.96. The van der Waals surface area contributed by atoms with Crippen molar-refractivity contribution in [2.24, 2.45) is 0 Å². The molecule has 0 aliphatic rings. The van der Waals surface area contributed by atoms with Crippen LogP contribution >= 0.6 is 15.9 Å². The first-order valence-electron chi connectivity index (χ1n) is 6.72. The SMILES string of the molecule is CCOc1ccc(NC(=O)c2cc(Br)ccc2OC)c(N)c1. The predicted molar refractivity (Wildman–Crippen MR) is 90.7 cm³/mol. The highest BCUT2D eigenvalue weighted by molar-refractivity contribution is 9.10. The molecule has 0 atom stereocenters. The van der Waals surface area contributed by atoms with Crippen molar-refractivity contribution in [2.75, 3.05) is 24.8 Å². The van der Waals surface area contributed by atoms with E-state index in [1.54, 1.807) is 36.4 Å². The Morgan fingerprint density at radius 3 is 2.68 bits per heavy atom. The third kappa shape index (κ3) is 3.71. The van der Waals surface area contributed by atoms with E-state index in [9.17, 15) is 4.79 Å². The summed E-state index contributed by atoms with van der Waals surface area (Å²) in [5.41, 5.74) is 7.33. The normalized spacial score (nSPS) is 10.1. The van der Waals surface area contributed by atoms with Gasteiger partial charge in [0.05, 0.1) is 30.7 Å². The lowest BCUT2D eigenvalue weighted by atomic mass is 10.1.